The summed E-state index contributed by atoms with van der Waals surface area (Å²) in [5.74, 6) is 2.24. The van der Waals surface area contributed by atoms with E-state index >= 15 is 0 Å². The molecule has 0 saturated carbocycles. The van der Waals surface area contributed by atoms with Gasteiger partial charge in [-0.3, -0.25) is 14.9 Å². The summed E-state index contributed by atoms with van der Waals surface area (Å²) in [6.45, 7) is 4.06. The highest BCUT2D eigenvalue weighted by molar-refractivity contribution is 5.86. The van der Waals surface area contributed by atoms with Crippen LogP contribution in [-0.2, 0) is 29.2 Å². The average molecular weight is 727 g/mol. The summed E-state index contributed by atoms with van der Waals surface area (Å²) in [5.41, 5.74) is 10.1. The number of furan rings is 1. The first-order valence-electron chi connectivity index (χ1n) is 17.7. The number of hydrogen-bond donors (Lipinski definition) is 3. The molecule has 11 nitrogen and oxygen atoms in total. The minimum absolute atomic E-state index is 0.0714. The first kappa shape index (κ1) is 40.1. The summed E-state index contributed by atoms with van der Waals surface area (Å²) in [4.78, 5) is 30.3. The number of benzene rings is 4. The van der Waals surface area contributed by atoms with E-state index in [0.29, 0.717) is 56.3 Å². The number of aliphatic imine (C=N–C) groups is 1. The number of carbonyl (C=O) groups excluding carboxylic acids is 2. The van der Waals surface area contributed by atoms with Crippen molar-refractivity contribution in [2.45, 2.75) is 52.2 Å². The van der Waals surface area contributed by atoms with Crippen LogP contribution in [0.25, 0.3) is 11.0 Å². The fourth-order valence-electron chi connectivity index (χ4n) is 5.65. The van der Waals surface area contributed by atoms with E-state index in [1.165, 1.54) is 0 Å². The average Bonchev–Trinajstić information content (AvgIpc) is 3.45. The number of hydrogen-bond acceptors (Lipinski definition) is 7. The SMILES string of the molecule is C#C.Cc1cc2cc(N=C(N)NC#N)ccc2o1.O=C(CN1CCCCCC1=O)NCCc1ccc(OCc2ccccc2)c(OCc2ccccc2)c1. The largest absolute Gasteiger partial charge is 0.485 e. The number of amides is 2. The molecular formula is C43H46N6O5. The van der Waals surface area contributed by atoms with Crippen LogP contribution in [0.3, 0.4) is 0 Å². The molecule has 1 aromatic heterocycles. The standard InChI is InChI=1S/C30H34N2O4.C11H10N4O.C2H2/c33-29(21-32-19-9-3-8-14-30(32)34)31-18-17-24-15-16-27(35-22-25-10-4-1-5-11-25)28(20-24)36-23-26-12-6-2-7-13-26;1-7-4-8-5-9(2-3-10(8)16-7)15-11(13)14-6-12;1-2/h1-2,4-7,10-13,15-16,20H,3,8-9,14,17-19,21-23H2,(H,31,33);2-5H,1H3,(H3,13,14,15);1-2H. The fraction of sp³-hybridized carbons (Fsp3) is 0.256. The Kier molecular flexibility index (Phi) is 16.0. The maximum Gasteiger partial charge on any atom is 0.239 e. The summed E-state index contributed by atoms with van der Waals surface area (Å²) in [6.07, 6.45) is 13.8. The second kappa shape index (κ2) is 21.6. The van der Waals surface area contributed by atoms with Crippen LogP contribution in [0.5, 0.6) is 11.5 Å². The predicted octanol–water partition coefficient (Wildman–Crippen LogP) is 6.91. The van der Waals surface area contributed by atoms with Gasteiger partial charge in [-0.2, -0.15) is 5.26 Å². The summed E-state index contributed by atoms with van der Waals surface area (Å²) in [7, 11) is 0. The van der Waals surface area contributed by atoms with Gasteiger partial charge >= 0.3 is 0 Å². The van der Waals surface area contributed by atoms with Gasteiger partial charge in [0.15, 0.2) is 17.7 Å². The number of aryl methyl sites for hydroxylation is 1. The van der Waals surface area contributed by atoms with Gasteiger partial charge in [-0.05, 0) is 79.3 Å². The van der Waals surface area contributed by atoms with Gasteiger partial charge in [0, 0.05) is 24.9 Å². The molecule has 54 heavy (non-hydrogen) atoms. The lowest BCUT2D eigenvalue weighted by atomic mass is 10.1. The lowest BCUT2D eigenvalue weighted by Gasteiger charge is -2.19. The highest BCUT2D eigenvalue weighted by Gasteiger charge is 2.19. The number of carbonyl (C=O) groups is 2. The number of rotatable bonds is 12. The van der Waals surface area contributed by atoms with Gasteiger partial charge < -0.3 is 29.8 Å². The van der Waals surface area contributed by atoms with Gasteiger partial charge in [0.05, 0.1) is 12.2 Å². The monoisotopic (exact) mass is 726 g/mol. The predicted molar refractivity (Wildman–Crippen MR) is 211 cm³/mol. The van der Waals surface area contributed by atoms with Gasteiger partial charge in [-0.15, -0.1) is 12.8 Å². The summed E-state index contributed by atoms with van der Waals surface area (Å²) in [5, 5.41) is 14.5. The second-order valence-electron chi connectivity index (χ2n) is 12.4. The van der Waals surface area contributed by atoms with Gasteiger partial charge in [0.2, 0.25) is 17.8 Å². The van der Waals surface area contributed by atoms with Gasteiger partial charge in [0.25, 0.3) is 0 Å². The van der Waals surface area contributed by atoms with Crippen LogP contribution < -0.4 is 25.8 Å². The van der Waals surface area contributed by atoms with E-state index in [9.17, 15) is 9.59 Å². The van der Waals surface area contributed by atoms with Crippen molar-refractivity contribution in [1.82, 2.24) is 15.5 Å². The van der Waals surface area contributed by atoms with Crippen LogP contribution in [0.15, 0.2) is 113 Å². The number of nitrogens with two attached hydrogens (primary N) is 1. The molecule has 1 aliphatic heterocycles. The van der Waals surface area contributed by atoms with E-state index in [1.807, 2.05) is 104 Å². The third-order valence-electron chi connectivity index (χ3n) is 8.28. The zero-order valence-corrected chi connectivity index (χ0v) is 30.5. The molecule has 1 fully saturated rings. The molecule has 0 radical (unpaired) electrons. The van der Waals surface area contributed by atoms with E-state index < -0.39 is 0 Å². The van der Waals surface area contributed by atoms with Crippen LogP contribution in [-0.4, -0.2) is 42.3 Å². The Balaban J connectivity index is 0.000000300. The number of likely N-dealkylation sites (tertiary alicyclic amines) is 1. The molecule has 1 aliphatic rings. The zero-order chi connectivity index (χ0) is 38.5. The summed E-state index contributed by atoms with van der Waals surface area (Å²) < 4.78 is 17.7. The van der Waals surface area contributed by atoms with Crippen molar-refractivity contribution in [2.24, 2.45) is 10.7 Å². The molecular weight excluding hydrogens is 681 g/mol. The molecule has 6 rings (SSSR count). The van der Waals surface area contributed by atoms with Crippen molar-refractivity contribution in [3.05, 3.63) is 126 Å². The Morgan fingerprint density at radius 1 is 0.889 bits per heavy atom. The molecule has 1 saturated heterocycles. The topological polar surface area (TPSA) is 155 Å². The Morgan fingerprint density at radius 3 is 2.26 bits per heavy atom. The zero-order valence-electron chi connectivity index (χ0n) is 30.5. The van der Waals surface area contributed by atoms with Crippen molar-refractivity contribution in [3.63, 3.8) is 0 Å². The van der Waals surface area contributed by atoms with E-state index in [4.69, 9.17) is 24.9 Å². The third kappa shape index (κ3) is 13.1. The third-order valence-corrected chi connectivity index (χ3v) is 8.28. The lowest BCUT2D eigenvalue weighted by molar-refractivity contribution is -0.135. The maximum absolute atomic E-state index is 12.4. The Bertz CT molecular complexity index is 2040. The highest BCUT2D eigenvalue weighted by Crippen LogP contribution is 2.30. The number of terminal acetylenes is 1. The van der Waals surface area contributed by atoms with E-state index in [1.54, 1.807) is 17.2 Å². The minimum Gasteiger partial charge on any atom is -0.485 e. The molecule has 11 heteroatoms. The molecule has 0 spiro atoms. The molecule has 0 bridgehead atoms. The number of guanidine groups is 1. The molecule has 2 heterocycles. The maximum atomic E-state index is 12.4. The first-order chi connectivity index (χ1) is 26.4. The number of nitrogens with one attached hydrogen (secondary N) is 2. The highest BCUT2D eigenvalue weighted by atomic mass is 16.5. The number of nitrogens with zero attached hydrogens (tertiary/aromatic N) is 3. The van der Waals surface area contributed by atoms with Crippen LogP contribution in [0.2, 0.25) is 0 Å². The lowest BCUT2D eigenvalue weighted by Crippen LogP contribution is -2.41. The van der Waals surface area contributed by atoms with E-state index in [0.717, 1.165) is 52.7 Å². The van der Waals surface area contributed by atoms with Gasteiger partial charge in [0.1, 0.15) is 24.6 Å². The van der Waals surface area contributed by atoms with Crippen LogP contribution in [0.1, 0.15) is 48.1 Å². The Morgan fingerprint density at radius 2 is 1.57 bits per heavy atom. The van der Waals surface area contributed by atoms with Crippen molar-refractivity contribution >= 4 is 34.4 Å². The van der Waals surface area contributed by atoms with Crippen molar-refractivity contribution in [2.75, 3.05) is 19.6 Å². The normalized spacial score (nSPS) is 12.5. The van der Waals surface area contributed by atoms with Gasteiger partial charge in [-0.25, -0.2) is 4.99 Å². The molecule has 4 aromatic carbocycles. The van der Waals surface area contributed by atoms with Crippen molar-refractivity contribution in [3.8, 4) is 30.5 Å². The Labute approximate surface area is 316 Å². The minimum atomic E-state index is -0.117. The number of ether oxygens (including phenoxy) is 2. The van der Waals surface area contributed by atoms with Crippen LogP contribution in [0, 0.1) is 31.2 Å². The molecule has 4 N–H and O–H groups in total. The first-order valence-corrected chi connectivity index (χ1v) is 17.7. The molecule has 0 atom stereocenters. The van der Waals surface area contributed by atoms with Crippen LogP contribution in [0.4, 0.5) is 5.69 Å². The van der Waals surface area contributed by atoms with E-state index in [2.05, 4.69) is 28.5 Å². The van der Waals surface area contributed by atoms with E-state index in [-0.39, 0.29) is 24.3 Å². The van der Waals surface area contributed by atoms with Crippen molar-refractivity contribution in [1.29, 1.82) is 5.26 Å². The molecule has 0 aliphatic carbocycles. The number of fused-ring (bicyclic) bond motifs is 1. The molecule has 278 valence electrons. The molecule has 5 aromatic rings. The smallest absolute Gasteiger partial charge is 0.239 e. The molecule has 0 unspecified atom stereocenters. The number of nitriles is 1. The second-order valence-corrected chi connectivity index (χ2v) is 12.4. The quantitative estimate of drug-likeness (QED) is 0.0412. The Hall–Kier alpha value is -6.72. The molecule has 2 amide bonds. The fourth-order valence-corrected chi connectivity index (χ4v) is 5.65. The van der Waals surface area contributed by atoms with Crippen LogP contribution >= 0.6 is 0 Å². The summed E-state index contributed by atoms with van der Waals surface area (Å²) >= 11 is 0. The van der Waals surface area contributed by atoms with Crippen molar-refractivity contribution < 1.29 is 23.5 Å². The van der Waals surface area contributed by atoms with Gasteiger partial charge in [-0.1, -0.05) is 73.2 Å². The summed E-state index contributed by atoms with van der Waals surface area (Å²) in [6, 6.07) is 33.3.